The monoisotopic (exact) mass is 237 g/mol. The average Bonchev–Trinajstić information content (AvgIpc) is 2.34. The third-order valence-corrected chi connectivity index (χ3v) is 2.38. The number of hydrogen-bond acceptors (Lipinski definition) is 4. The zero-order valence-corrected chi connectivity index (χ0v) is 10.7. The minimum absolute atomic E-state index is 0.0343. The van der Waals surface area contributed by atoms with Crippen molar-refractivity contribution in [1.29, 1.82) is 0 Å². The van der Waals surface area contributed by atoms with E-state index in [-0.39, 0.29) is 18.4 Å². The zero-order chi connectivity index (χ0) is 12.8. The van der Waals surface area contributed by atoms with Crippen LogP contribution in [0.15, 0.2) is 18.2 Å². The number of ether oxygens (including phenoxy) is 2. The van der Waals surface area contributed by atoms with E-state index < -0.39 is 0 Å². The van der Waals surface area contributed by atoms with Crippen molar-refractivity contribution in [1.82, 2.24) is 5.32 Å². The minimum Gasteiger partial charge on any atom is -0.496 e. The lowest BCUT2D eigenvalue weighted by atomic mass is 10.1. The molecular weight excluding hydrogens is 218 g/mol. The van der Waals surface area contributed by atoms with Crippen LogP contribution in [0.25, 0.3) is 0 Å². The molecule has 0 spiro atoms. The van der Waals surface area contributed by atoms with Crippen LogP contribution in [0.4, 0.5) is 0 Å². The van der Waals surface area contributed by atoms with Gasteiger partial charge in [0, 0.05) is 6.04 Å². The summed E-state index contributed by atoms with van der Waals surface area (Å²) in [5, 5.41) is 3.09. The fourth-order valence-electron chi connectivity index (χ4n) is 1.51. The second-order valence-electron chi connectivity index (χ2n) is 4.00. The van der Waals surface area contributed by atoms with Crippen LogP contribution in [-0.4, -0.2) is 32.6 Å². The van der Waals surface area contributed by atoms with Gasteiger partial charge in [0.15, 0.2) is 5.78 Å². The molecule has 4 heteroatoms. The highest BCUT2D eigenvalue weighted by Gasteiger charge is 2.17. The molecule has 0 saturated carbocycles. The van der Waals surface area contributed by atoms with E-state index in [1.54, 1.807) is 32.4 Å². The predicted octanol–water partition coefficient (Wildman–Crippen LogP) is 1.88. The van der Waals surface area contributed by atoms with Gasteiger partial charge >= 0.3 is 0 Å². The molecule has 0 atom stereocenters. The zero-order valence-electron chi connectivity index (χ0n) is 10.7. The van der Waals surface area contributed by atoms with Crippen LogP contribution in [0.3, 0.4) is 0 Å². The van der Waals surface area contributed by atoms with E-state index in [4.69, 9.17) is 9.47 Å². The van der Waals surface area contributed by atoms with Crippen molar-refractivity contribution in [3.05, 3.63) is 23.8 Å². The molecule has 1 aromatic rings. The second kappa shape index (κ2) is 6.25. The maximum atomic E-state index is 12.1. The van der Waals surface area contributed by atoms with E-state index in [1.165, 1.54) is 0 Å². The summed E-state index contributed by atoms with van der Waals surface area (Å²) >= 11 is 0. The number of rotatable bonds is 6. The Morgan fingerprint density at radius 2 is 1.76 bits per heavy atom. The third kappa shape index (κ3) is 3.46. The van der Waals surface area contributed by atoms with E-state index in [1.807, 2.05) is 13.8 Å². The van der Waals surface area contributed by atoms with Gasteiger partial charge in [0.25, 0.3) is 0 Å². The van der Waals surface area contributed by atoms with Crippen molar-refractivity contribution in [2.24, 2.45) is 0 Å². The highest BCUT2D eigenvalue weighted by molar-refractivity contribution is 6.02. The molecule has 4 nitrogen and oxygen atoms in total. The quantitative estimate of drug-likeness (QED) is 0.767. The second-order valence-corrected chi connectivity index (χ2v) is 4.00. The molecule has 0 heterocycles. The summed E-state index contributed by atoms with van der Waals surface area (Å²) in [7, 11) is 3.09. The largest absolute Gasteiger partial charge is 0.496 e. The number of nitrogens with one attached hydrogen (secondary N) is 1. The van der Waals surface area contributed by atoms with Gasteiger partial charge in [0.05, 0.1) is 20.8 Å². The Morgan fingerprint density at radius 3 is 2.18 bits per heavy atom. The van der Waals surface area contributed by atoms with Crippen LogP contribution in [0.2, 0.25) is 0 Å². The molecule has 0 unspecified atom stereocenters. The van der Waals surface area contributed by atoms with E-state index >= 15 is 0 Å². The predicted molar refractivity (Wildman–Crippen MR) is 67.0 cm³/mol. The lowest BCUT2D eigenvalue weighted by Crippen LogP contribution is -2.29. The Kier molecular flexibility index (Phi) is 4.97. The van der Waals surface area contributed by atoms with Crippen molar-refractivity contribution >= 4 is 5.78 Å². The van der Waals surface area contributed by atoms with Gasteiger partial charge in [-0.15, -0.1) is 0 Å². The van der Waals surface area contributed by atoms with Crippen LogP contribution < -0.4 is 14.8 Å². The minimum atomic E-state index is -0.0343. The van der Waals surface area contributed by atoms with Crippen LogP contribution in [0.5, 0.6) is 11.5 Å². The number of methoxy groups -OCH3 is 2. The molecule has 0 bridgehead atoms. The van der Waals surface area contributed by atoms with Crippen LogP contribution >= 0.6 is 0 Å². The molecular formula is C13H19NO3. The van der Waals surface area contributed by atoms with E-state index in [0.717, 1.165) is 0 Å². The summed E-state index contributed by atoms with van der Waals surface area (Å²) in [5.74, 6) is 1.05. The molecule has 0 aromatic heterocycles. The lowest BCUT2D eigenvalue weighted by Gasteiger charge is -2.13. The number of Topliss-reactive ketones (excluding diaryl/α,β-unsaturated/α-hetero) is 1. The summed E-state index contributed by atoms with van der Waals surface area (Å²) in [5.41, 5.74) is 0.491. The smallest absolute Gasteiger partial charge is 0.184 e. The standard InChI is InChI=1S/C13H19NO3/c1-9(2)14-8-10(15)13-11(16-3)6-5-7-12(13)17-4/h5-7,9,14H,8H2,1-4H3. The molecule has 0 aliphatic heterocycles. The summed E-state index contributed by atoms with van der Waals surface area (Å²) < 4.78 is 10.4. The molecule has 17 heavy (non-hydrogen) atoms. The van der Waals surface area contributed by atoms with Crippen molar-refractivity contribution in [3.63, 3.8) is 0 Å². The fraction of sp³-hybridized carbons (Fsp3) is 0.462. The highest BCUT2D eigenvalue weighted by Crippen LogP contribution is 2.28. The van der Waals surface area contributed by atoms with E-state index in [9.17, 15) is 4.79 Å². The summed E-state index contributed by atoms with van der Waals surface area (Å²) in [6.45, 7) is 4.26. The SMILES string of the molecule is COc1cccc(OC)c1C(=O)CNC(C)C. The van der Waals surface area contributed by atoms with Crippen molar-refractivity contribution < 1.29 is 14.3 Å². The average molecular weight is 237 g/mol. The first kappa shape index (κ1) is 13.5. The van der Waals surface area contributed by atoms with E-state index in [0.29, 0.717) is 17.1 Å². The van der Waals surface area contributed by atoms with Gasteiger partial charge in [0.1, 0.15) is 17.1 Å². The molecule has 1 aromatic carbocycles. The summed E-state index contributed by atoms with van der Waals surface area (Å²) in [6.07, 6.45) is 0. The lowest BCUT2D eigenvalue weighted by molar-refractivity contribution is 0.0982. The number of carbonyl (C=O) groups is 1. The first-order valence-electron chi connectivity index (χ1n) is 5.57. The molecule has 0 amide bonds. The van der Waals surface area contributed by atoms with Gasteiger partial charge < -0.3 is 14.8 Å². The normalized spacial score (nSPS) is 10.4. The Balaban J connectivity index is 2.97. The Morgan fingerprint density at radius 1 is 1.24 bits per heavy atom. The topological polar surface area (TPSA) is 47.6 Å². The number of hydrogen-bond donors (Lipinski definition) is 1. The van der Waals surface area contributed by atoms with Crippen LogP contribution in [0, 0.1) is 0 Å². The maximum Gasteiger partial charge on any atom is 0.184 e. The summed E-state index contributed by atoms with van der Waals surface area (Å²) in [6, 6.07) is 5.57. The molecule has 1 N–H and O–H groups in total. The Labute approximate surface area is 102 Å². The Bertz CT molecular complexity index is 366. The molecule has 0 saturated heterocycles. The molecule has 1 rings (SSSR count). The van der Waals surface area contributed by atoms with Crippen LogP contribution in [-0.2, 0) is 0 Å². The first-order valence-corrected chi connectivity index (χ1v) is 5.57. The van der Waals surface area contributed by atoms with Gasteiger partial charge in [-0.3, -0.25) is 4.79 Å². The first-order chi connectivity index (χ1) is 8.10. The number of carbonyl (C=O) groups excluding carboxylic acids is 1. The van der Waals surface area contributed by atoms with Gasteiger partial charge in [-0.25, -0.2) is 0 Å². The molecule has 0 radical (unpaired) electrons. The van der Waals surface area contributed by atoms with Gasteiger partial charge in [0.2, 0.25) is 0 Å². The number of benzene rings is 1. The van der Waals surface area contributed by atoms with Crippen molar-refractivity contribution in [2.45, 2.75) is 19.9 Å². The van der Waals surface area contributed by atoms with Gasteiger partial charge in [-0.2, -0.15) is 0 Å². The fourth-order valence-corrected chi connectivity index (χ4v) is 1.51. The van der Waals surface area contributed by atoms with Crippen molar-refractivity contribution in [3.8, 4) is 11.5 Å². The maximum absolute atomic E-state index is 12.1. The highest BCUT2D eigenvalue weighted by atomic mass is 16.5. The van der Waals surface area contributed by atoms with E-state index in [2.05, 4.69) is 5.32 Å². The van der Waals surface area contributed by atoms with Gasteiger partial charge in [-0.05, 0) is 12.1 Å². The van der Waals surface area contributed by atoms with Crippen molar-refractivity contribution in [2.75, 3.05) is 20.8 Å². The third-order valence-electron chi connectivity index (χ3n) is 2.38. The molecule has 0 aliphatic carbocycles. The van der Waals surface area contributed by atoms with Gasteiger partial charge in [-0.1, -0.05) is 19.9 Å². The summed E-state index contributed by atoms with van der Waals surface area (Å²) in [4.78, 5) is 12.1. The van der Waals surface area contributed by atoms with Crippen LogP contribution in [0.1, 0.15) is 24.2 Å². The molecule has 0 aliphatic rings. The Hall–Kier alpha value is -1.55. The molecule has 94 valence electrons. The molecule has 0 fully saturated rings. The number of ketones is 1.